The molecule has 1 aromatic rings. The van der Waals surface area contributed by atoms with Gasteiger partial charge in [0.2, 0.25) is 5.91 Å². The summed E-state index contributed by atoms with van der Waals surface area (Å²) in [4.78, 5) is 15.3. The minimum Gasteiger partial charge on any atom is -0.378 e. The Labute approximate surface area is 90.3 Å². The molecule has 0 aliphatic carbocycles. The zero-order valence-electron chi connectivity index (χ0n) is 9.45. The maximum Gasteiger partial charge on any atom is 0.227 e. The fourth-order valence-electron chi connectivity index (χ4n) is 1.92. The van der Waals surface area contributed by atoms with Gasteiger partial charge in [0.1, 0.15) is 0 Å². The summed E-state index contributed by atoms with van der Waals surface area (Å²) in [5.74, 6) is 0.208. The maximum atomic E-state index is 11.5. The number of amides is 1. The second-order valence-electron chi connectivity index (χ2n) is 4.16. The van der Waals surface area contributed by atoms with E-state index in [0.717, 1.165) is 12.1 Å². The Morgan fingerprint density at radius 1 is 1.27 bits per heavy atom. The summed E-state index contributed by atoms with van der Waals surface area (Å²) in [7, 11) is 5.90. The lowest BCUT2D eigenvalue weighted by Gasteiger charge is -2.27. The fourth-order valence-corrected chi connectivity index (χ4v) is 1.92. The lowest BCUT2D eigenvalue weighted by atomic mass is 10.0. The molecule has 1 heterocycles. The fraction of sp³-hybridized carbons (Fsp3) is 0.417. The zero-order chi connectivity index (χ0) is 11.0. The summed E-state index contributed by atoms with van der Waals surface area (Å²) in [5, 5.41) is 0. The van der Waals surface area contributed by atoms with Gasteiger partial charge < -0.3 is 9.80 Å². The van der Waals surface area contributed by atoms with Crippen LogP contribution in [0.15, 0.2) is 18.2 Å². The van der Waals surface area contributed by atoms with E-state index in [-0.39, 0.29) is 5.91 Å². The SMILES string of the molecule is CN(C)c1ccc2c(c1)CCC(=O)N2C. The number of fused-ring (bicyclic) bond motifs is 1. The number of anilines is 2. The van der Waals surface area contributed by atoms with Crippen molar-refractivity contribution in [1.29, 1.82) is 0 Å². The third-order valence-corrected chi connectivity index (χ3v) is 2.92. The van der Waals surface area contributed by atoms with Gasteiger partial charge in [-0.25, -0.2) is 0 Å². The molecule has 0 unspecified atom stereocenters. The number of carbonyl (C=O) groups excluding carboxylic acids is 1. The third-order valence-electron chi connectivity index (χ3n) is 2.92. The van der Waals surface area contributed by atoms with Gasteiger partial charge in [0.25, 0.3) is 0 Å². The van der Waals surface area contributed by atoms with Crippen LogP contribution in [-0.4, -0.2) is 27.1 Å². The number of hydrogen-bond donors (Lipinski definition) is 0. The number of nitrogens with zero attached hydrogens (tertiary/aromatic N) is 2. The minimum absolute atomic E-state index is 0.208. The van der Waals surface area contributed by atoms with Gasteiger partial charge in [0, 0.05) is 38.9 Å². The first-order valence-electron chi connectivity index (χ1n) is 5.16. The van der Waals surface area contributed by atoms with Gasteiger partial charge in [-0.1, -0.05) is 0 Å². The Balaban J connectivity index is 2.42. The highest BCUT2D eigenvalue weighted by molar-refractivity contribution is 5.96. The highest BCUT2D eigenvalue weighted by Crippen LogP contribution is 2.29. The predicted octanol–water partition coefficient (Wildman–Crippen LogP) is 1.66. The molecule has 0 spiro atoms. The summed E-state index contributed by atoms with van der Waals surface area (Å²) in [6, 6.07) is 6.24. The molecule has 1 aromatic carbocycles. The molecule has 0 fully saturated rings. The number of carbonyl (C=O) groups is 1. The van der Waals surface area contributed by atoms with Crippen molar-refractivity contribution < 1.29 is 4.79 Å². The van der Waals surface area contributed by atoms with E-state index in [1.54, 1.807) is 4.90 Å². The van der Waals surface area contributed by atoms with Gasteiger partial charge in [0.15, 0.2) is 0 Å². The van der Waals surface area contributed by atoms with Crippen molar-refractivity contribution in [3.63, 3.8) is 0 Å². The Bertz CT molecular complexity index is 399. The molecule has 80 valence electrons. The van der Waals surface area contributed by atoms with Gasteiger partial charge in [-0.2, -0.15) is 0 Å². The highest BCUT2D eigenvalue weighted by atomic mass is 16.2. The molecule has 0 atom stereocenters. The predicted molar refractivity (Wildman–Crippen MR) is 62.5 cm³/mol. The van der Waals surface area contributed by atoms with E-state index in [0.29, 0.717) is 6.42 Å². The molecule has 1 aliphatic heterocycles. The molecule has 0 radical (unpaired) electrons. The van der Waals surface area contributed by atoms with Crippen LogP contribution >= 0.6 is 0 Å². The van der Waals surface area contributed by atoms with Crippen molar-refractivity contribution in [2.75, 3.05) is 30.9 Å². The standard InChI is InChI=1S/C12H16N2O/c1-13(2)10-5-6-11-9(8-10)4-7-12(15)14(11)3/h5-6,8H,4,7H2,1-3H3. The summed E-state index contributed by atoms with van der Waals surface area (Å²) in [6.45, 7) is 0. The van der Waals surface area contributed by atoms with Gasteiger partial charge in [-0.3, -0.25) is 4.79 Å². The Hall–Kier alpha value is -1.51. The smallest absolute Gasteiger partial charge is 0.227 e. The van der Waals surface area contributed by atoms with E-state index in [1.165, 1.54) is 11.3 Å². The second-order valence-corrected chi connectivity index (χ2v) is 4.16. The van der Waals surface area contributed by atoms with Gasteiger partial charge in [0.05, 0.1) is 0 Å². The lowest BCUT2D eigenvalue weighted by Crippen LogP contribution is -2.31. The van der Waals surface area contributed by atoms with Crippen LogP contribution in [0.25, 0.3) is 0 Å². The molecule has 0 N–H and O–H groups in total. The van der Waals surface area contributed by atoms with Crippen LogP contribution in [0.2, 0.25) is 0 Å². The summed E-state index contributed by atoms with van der Waals surface area (Å²) in [5.41, 5.74) is 3.51. The molecule has 1 aliphatic rings. The van der Waals surface area contributed by atoms with E-state index >= 15 is 0 Å². The number of benzene rings is 1. The van der Waals surface area contributed by atoms with Crippen LogP contribution in [0.3, 0.4) is 0 Å². The van der Waals surface area contributed by atoms with Crippen LogP contribution < -0.4 is 9.80 Å². The van der Waals surface area contributed by atoms with Crippen LogP contribution in [0.1, 0.15) is 12.0 Å². The molecular formula is C12H16N2O. The minimum atomic E-state index is 0.208. The molecule has 1 amide bonds. The topological polar surface area (TPSA) is 23.6 Å². The normalized spacial score (nSPS) is 15.1. The first-order valence-corrected chi connectivity index (χ1v) is 5.16. The monoisotopic (exact) mass is 204 g/mol. The molecule has 3 nitrogen and oxygen atoms in total. The molecule has 3 heteroatoms. The number of hydrogen-bond acceptors (Lipinski definition) is 2. The summed E-state index contributed by atoms with van der Waals surface area (Å²) >= 11 is 0. The van der Waals surface area contributed by atoms with Crippen LogP contribution in [-0.2, 0) is 11.2 Å². The first-order chi connectivity index (χ1) is 7.09. The van der Waals surface area contributed by atoms with E-state index in [1.807, 2.05) is 33.3 Å². The van der Waals surface area contributed by atoms with E-state index in [4.69, 9.17) is 0 Å². The van der Waals surface area contributed by atoms with Crippen LogP contribution in [0, 0.1) is 0 Å². The summed E-state index contributed by atoms with van der Waals surface area (Å²) < 4.78 is 0. The first kappa shape index (κ1) is 10.0. The van der Waals surface area contributed by atoms with Crippen molar-refractivity contribution in [2.24, 2.45) is 0 Å². The van der Waals surface area contributed by atoms with Crippen molar-refractivity contribution in [3.05, 3.63) is 23.8 Å². The molecule has 15 heavy (non-hydrogen) atoms. The number of aryl methyl sites for hydroxylation is 1. The average molecular weight is 204 g/mol. The van der Waals surface area contributed by atoms with E-state index in [9.17, 15) is 4.79 Å². The van der Waals surface area contributed by atoms with E-state index in [2.05, 4.69) is 11.0 Å². The van der Waals surface area contributed by atoms with Crippen LogP contribution in [0.5, 0.6) is 0 Å². The Morgan fingerprint density at radius 3 is 2.67 bits per heavy atom. The van der Waals surface area contributed by atoms with Gasteiger partial charge >= 0.3 is 0 Å². The van der Waals surface area contributed by atoms with Crippen molar-refractivity contribution in [1.82, 2.24) is 0 Å². The lowest BCUT2D eigenvalue weighted by molar-refractivity contribution is -0.118. The van der Waals surface area contributed by atoms with Gasteiger partial charge in [-0.15, -0.1) is 0 Å². The molecule has 0 saturated heterocycles. The molecular weight excluding hydrogens is 188 g/mol. The van der Waals surface area contributed by atoms with Gasteiger partial charge in [-0.05, 0) is 30.2 Å². The van der Waals surface area contributed by atoms with Crippen LogP contribution in [0.4, 0.5) is 11.4 Å². The van der Waals surface area contributed by atoms with Crippen molar-refractivity contribution in [2.45, 2.75) is 12.8 Å². The average Bonchev–Trinajstić information content (AvgIpc) is 2.23. The highest BCUT2D eigenvalue weighted by Gasteiger charge is 2.20. The zero-order valence-corrected chi connectivity index (χ0v) is 9.45. The van der Waals surface area contributed by atoms with E-state index < -0.39 is 0 Å². The Morgan fingerprint density at radius 2 is 2.00 bits per heavy atom. The molecule has 0 saturated carbocycles. The number of rotatable bonds is 1. The maximum absolute atomic E-state index is 11.5. The molecule has 0 bridgehead atoms. The quantitative estimate of drug-likeness (QED) is 0.694. The van der Waals surface area contributed by atoms with Crippen molar-refractivity contribution in [3.8, 4) is 0 Å². The Kier molecular flexibility index (Phi) is 2.39. The molecule has 0 aromatic heterocycles. The molecule has 2 rings (SSSR count). The largest absolute Gasteiger partial charge is 0.378 e. The second kappa shape index (κ2) is 3.57. The van der Waals surface area contributed by atoms with Crippen molar-refractivity contribution >= 4 is 17.3 Å². The third kappa shape index (κ3) is 1.69. The summed E-state index contributed by atoms with van der Waals surface area (Å²) in [6.07, 6.45) is 1.49.